The van der Waals surface area contributed by atoms with Crippen molar-refractivity contribution in [3.8, 4) is 5.75 Å². The third kappa shape index (κ3) is 4.92. The summed E-state index contributed by atoms with van der Waals surface area (Å²) in [6.45, 7) is 2.06. The fourth-order valence-corrected chi connectivity index (χ4v) is 3.80. The lowest BCUT2D eigenvalue weighted by Crippen LogP contribution is -2.14. The van der Waals surface area contributed by atoms with Crippen molar-refractivity contribution in [2.45, 2.75) is 6.92 Å². The van der Waals surface area contributed by atoms with E-state index < -0.39 is 0 Å². The van der Waals surface area contributed by atoms with Crippen LogP contribution in [0, 0.1) is 14.1 Å². The monoisotopic (exact) mass is 584 g/mol. The fraction of sp³-hybridized carbons (Fsp3) is 0.0952. The molecule has 0 spiro atoms. The number of hydrogen-bond acceptors (Lipinski definition) is 3. The number of carbonyl (C=O) groups excluding carboxylic acids is 1. The highest BCUT2D eigenvalue weighted by atomic mass is 127. The summed E-state index contributed by atoms with van der Waals surface area (Å²) in [6.07, 6.45) is 0. The van der Waals surface area contributed by atoms with E-state index in [2.05, 4.69) is 74.9 Å². The lowest BCUT2D eigenvalue weighted by molar-refractivity contribution is 0.102. The minimum absolute atomic E-state index is 0.211. The number of halogens is 2. The number of carbonyl (C=O) groups is 1. The predicted molar refractivity (Wildman–Crippen MR) is 127 cm³/mol. The molecule has 0 unspecified atom stereocenters. The number of ether oxygens (including phenoxy) is 1. The summed E-state index contributed by atoms with van der Waals surface area (Å²) >= 11 is 4.53. The number of nitrogens with one attached hydrogen (secondary N) is 2. The highest BCUT2D eigenvalue weighted by Gasteiger charge is 2.14. The summed E-state index contributed by atoms with van der Waals surface area (Å²) in [5.74, 6) is 0.334. The van der Waals surface area contributed by atoms with Gasteiger partial charge in [0.2, 0.25) is 0 Å². The van der Waals surface area contributed by atoms with E-state index in [9.17, 15) is 4.79 Å². The van der Waals surface area contributed by atoms with Crippen LogP contribution >= 0.6 is 45.2 Å². The Labute approximate surface area is 186 Å². The highest BCUT2D eigenvalue weighted by molar-refractivity contribution is 14.1. The smallest absolute Gasteiger partial charge is 0.259 e. The zero-order valence-electron chi connectivity index (χ0n) is 14.8. The number of anilines is 3. The van der Waals surface area contributed by atoms with E-state index in [1.807, 2.05) is 36.4 Å². The molecule has 0 saturated heterocycles. The second-order valence-corrected chi connectivity index (χ2v) is 8.42. The van der Waals surface area contributed by atoms with Crippen molar-refractivity contribution in [2.24, 2.45) is 0 Å². The van der Waals surface area contributed by atoms with Gasteiger partial charge in [0.05, 0.1) is 24.0 Å². The Hall–Kier alpha value is -1.81. The number of hydrogen-bond donors (Lipinski definition) is 2. The Balaban J connectivity index is 1.91. The molecular formula is C21H18I2N2O2. The number of amides is 1. The topological polar surface area (TPSA) is 50.4 Å². The first-order valence-electron chi connectivity index (χ1n) is 8.25. The minimum Gasteiger partial charge on any atom is -0.496 e. The van der Waals surface area contributed by atoms with Crippen molar-refractivity contribution < 1.29 is 9.53 Å². The SMILES string of the molecule is COc1ccccc1C(=O)Nc1cc(I)ccc1Nc1ccc(I)cc1C. The van der Waals surface area contributed by atoms with Crippen LogP contribution < -0.4 is 15.4 Å². The Kier molecular flexibility index (Phi) is 6.59. The number of para-hydroxylation sites is 1. The molecule has 0 aliphatic heterocycles. The first kappa shape index (κ1) is 19.9. The van der Waals surface area contributed by atoms with E-state index in [-0.39, 0.29) is 5.91 Å². The summed E-state index contributed by atoms with van der Waals surface area (Å²) < 4.78 is 7.52. The number of methoxy groups -OCH3 is 1. The molecule has 27 heavy (non-hydrogen) atoms. The van der Waals surface area contributed by atoms with Crippen LogP contribution in [0.5, 0.6) is 5.75 Å². The second-order valence-electron chi connectivity index (χ2n) is 5.93. The molecule has 3 rings (SSSR count). The van der Waals surface area contributed by atoms with E-state index in [0.717, 1.165) is 26.2 Å². The van der Waals surface area contributed by atoms with Gasteiger partial charge in [-0.25, -0.2) is 0 Å². The molecule has 4 nitrogen and oxygen atoms in total. The number of rotatable bonds is 5. The van der Waals surface area contributed by atoms with E-state index in [1.165, 1.54) is 3.57 Å². The van der Waals surface area contributed by atoms with Gasteiger partial charge in [-0.05, 0) is 106 Å². The van der Waals surface area contributed by atoms with Crippen molar-refractivity contribution in [1.82, 2.24) is 0 Å². The maximum absolute atomic E-state index is 12.8. The molecule has 0 radical (unpaired) electrons. The zero-order chi connectivity index (χ0) is 19.4. The molecule has 1 amide bonds. The summed E-state index contributed by atoms with van der Waals surface area (Å²) in [5.41, 5.74) is 4.20. The molecule has 2 N–H and O–H groups in total. The van der Waals surface area contributed by atoms with Gasteiger partial charge < -0.3 is 15.4 Å². The van der Waals surface area contributed by atoms with Crippen molar-refractivity contribution in [2.75, 3.05) is 17.7 Å². The van der Waals surface area contributed by atoms with Gasteiger partial charge in [0.1, 0.15) is 5.75 Å². The predicted octanol–water partition coefficient (Wildman–Crippen LogP) is 6.21. The molecule has 0 fully saturated rings. The molecule has 0 aliphatic rings. The maximum atomic E-state index is 12.8. The van der Waals surface area contributed by atoms with Gasteiger partial charge in [-0.2, -0.15) is 0 Å². The van der Waals surface area contributed by atoms with Crippen molar-refractivity contribution >= 4 is 68.2 Å². The highest BCUT2D eigenvalue weighted by Crippen LogP contribution is 2.30. The standard InChI is InChI=1S/C21H18I2N2O2/c1-13-11-14(22)7-9-17(13)24-18-10-8-15(23)12-19(18)25-21(26)16-5-3-4-6-20(16)27-2/h3-12,24H,1-2H3,(H,25,26). The average Bonchev–Trinajstić information content (AvgIpc) is 2.65. The molecule has 0 atom stereocenters. The molecule has 0 saturated carbocycles. The van der Waals surface area contributed by atoms with Crippen LogP contribution in [0.4, 0.5) is 17.1 Å². The Morgan fingerprint density at radius 3 is 2.26 bits per heavy atom. The van der Waals surface area contributed by atoms with E-state index >= 15 is 0 Å². The molecule has 0 bridgehead atoms. The Morgan fingerprint density at radius 2 is 1.56 bits per heavy atom. The Morgan fingerprint density at radius 1 is 0.889 bits per heavy atom. The molecule has 0 heterocycles. The average molecular weight is 584 g/mol. The molecule has 138 valence electrons. The Bertz CT molecular complexity index is 990. The number of aryl methyl sites for hydroxylation is 1. The van der Waals surface area contributed by atoms with Gasteiger partial charge in [0.15, 0.2) is 0 Å². The van der Waals surface area contributed by atoms with Crippen LogP contribution in [0.2, 0.25) is 0 Å². The second kappa shape index (κ2) is 8.92. The van der Waals surface area contributed by atoms with Gasteiger partial charge in [-0.3, -0.25) is 4.79 Å². The quantitative estimate of drug-likeness (QED) is 0.351. The third-order valence-corrected chi connectivity index (χ3v) is 5.38. The van der Waals surface area contributed by atoms with E-state index in [4.69, 9.17) is 4.74 Å². The molecular weight excluding hydrogens is 566 g/mol. The normalized spacial score (nSPS) is 10.4. The van der Waals surface area contributed by atoms with Gasteiger partial charge in [-0.1, -0.05) is 12.1 Å². The van der Waals surface area contributed by atoms with Crippen molar-refractivity contribution in [3.05, 3.63) is 78.9 Å². The molecule has 3 aromatic carbocycles. The van der Waals surface area contributed by atoms with Crippen molar-refractivity contribution in [3.63, 3.8) is 0 Å². The van der Waals surface area contributed by atoms with Crippen LogP contribution in [0.25, 0.3) is 0 Å². The summed E-state index contributed by atoms with van der Waals surface area (Å²) in [7, 11) is 1.56. The van der Waals surface area contributed by atoms with Gasteiger partial charge in [0.25, 0.3) is 5.91 Å². The van der Waals surface area contributed by atoms with Crippen LogP contribution in [-0.2, 0) is 0 Å². The summed E-state index contributed by atoms with van der Waals surface area (Å²) in [4.78, 5) is 12.8. The number of benzene rings is 3. The molecule has 3 aromatic rings. The lowest BCUT2D eigenvalue weighted by atomic mass is 10.1. The zero-order valence-corrected chi connectivity index (χ0v) is 19.2. The molecule has 0 aliphatic carbocycles. The summed E-state index contributed by atoms with van der Waals surface area (Å²) in [6, 6.07) is 19.3. The fourth-order valence-electron chi connectivity index (χ4n) is 2.66. The lowest BCUT2D eigenvalue weighted by Gasteiger charge is -2.16. The third-order valence-electron chi connectivity index (χ3n) is 4.04. The first-order chi connectivity index (χ1) is 13.0. The van der Waals surface area contributed by atoms with Crippen LogP contribution in [0.3, 0.4) is 0 Å². The maximum Gasteiger partial charge on any atom is 0.259 e. The van der Waals surface area contributed by atoms with Crippen LogP contribution in [0.1, 0.15) is 15.9 Å². The molecule has 6 heteroatoms. The minimum atomic E-state index is -0.211. The largest absolute Gasteiger partial charge is 0.496 e. The van der Waals surface area contributed by atoms with E-state index in [1.54, 1.807) is 19.2 Å². The van der Waals surface area contributed by atoms with Gasteiger partial charge >= 0.3 is 0 Å². The first-order valence-corrected chi connectivity index (χ1v) is 10.4. The van der Waals surface area contributed by atoms with Gasteiger partial charge in [-0.15, -0.1) is 0 Å². The summed E-state index contributed by atoms with van der Waals surface area (Å²) in [5, 5.41) is 6.43. The van der Waals surface area contributed by atoms with Crippen LogP contribution in [0.15, 0.2) is 60.7 Å². The van der Waals surface area contributed by atoms with E-state index in [0.29, 0.717) is 11.3 Å². The molecule has 0 aromatic heterocycles. The van der Waals surface area contributed by atoms with Gasteiger partial charge in [0, 0.05) is 12.8 Å². The van der Waals surface area contributed by atoms with Crippen LogP contribution in [-0.4, -0.2) is 13.0 Å². The van der Waals surface area contributed by atoms with Crippen molar-refractivity contribution in [1.29, 1.82) is 0 Å².